The summed E-state index contributed by atoms with van der Waals surface area (Å²) in [5, 5.41) is 19.7. The molecule has 0 radical (unpaired) electrons. The molecule has 0 fully saturated rings. The Morgan fingerprint density at radius 1 is 1.22 bits per heavy atom. The van der Waals surface area contributed by atoms with Gasteiger partial charge in [-0.3, -0.25) is 10.1 Å². The van der Waals surface area contributed by atoms with E-state index in [2.05, 4.69) is 0 Å². The van der Waals surface area contributed by atoms with Gasteiger partial charge in [-0.2, -0.15) is 0 Å². The average Bonchev–Trinajstić information content (AvgIpc) is 2.59. The summed E-state index contributed by atoms with van der Waals surface area (Å²) < 4.78 is 11.0. The number of aliphatic hydroxyl groups excluding tert-OH is 1. The Hall–Kier alpha value is -2.64. The van der Waals surface area contributed by atoms with Crippen LogP contribution >= 0.6 is 0 Å². The highest BCUT2D eigenvalue weighted by molar-refractivity contribution is 5.44. The molecule has 2 aromatic carbocycles. The number of nitro groups is 1. The zero-order chi connectivity index (χ0) is 16.8. The Bertz CT molecular complexity index is 673. The third-order valence-electron chi connectivity index (χ3n) is 3.35. The molecule has 0 spiro atoms. The van der Waals surface area contributed by atoms with Crippen molar-refractivity contribution in [2.24, 2.45) is 5.73 Å². The molecule has 23 heavy (non-hydrogen) atoms. The van der Waals surface area contributed by atoms with E-state index in [1.54, 1.807) is 30.3 Å². The highest BCUT2D eigenvalue weighted by Gasteiger charge is 2.11. The van der Waals surface area contributed by atoms with Gasteiger partial charge in [-0.25, -0.2) is 0 Å². The van der Waals surface area contributed by atoms with Gasteiger partial charge in [0.2, 0.25) is 0 Å². The fourth-order valence-electron chi connectivity index (χ4n) is 2.01. The van der Waals surface area contributed by atoms with Crippen LogP contribution < -0.4 is 15.2 Å². The largest absolute Gasteiger partial charge is 0.493 e. The molecule has 0 heterocycles. The standard InChI is InChI=1S/C16H18N2O5/c1-22-16-8-12(14(17)9-19)4-7-15(16)23-10-11-2-5-13(6-3-11)18(20)21/h2-8,14,19H,9-10,17H2,1H3/t14-/m0/s1. The Morgan fingerprint density at radius 2 is 1.91 bits per heavy atom. The Labute approximate surface area is 133 Å². The van der Waals surface area contributed by atoms with Crippen LogP contribution in [0.25, 0.3) is 0 Å². The molecule has 0 aliphatic carbocycles. The Morgan fingerprint density at radius 3 is 2.48 bits per heavy atom. The smallest absolute Gasteiger partial charge is 0.269 e. The molecule has 3 N–H and O–H groups in total. The molecule has 122 valence electrons. The quantitative estimate of drug-likeness (QED) is 0.598. The molecule has 0 unspecified atom stereocenters. The minimum atomic E-state index is -0.479. The van der Waals surface area contributed by atoms with Gasteiger partial charge in [-0.05, 0) is 35.4 Å². The summed E-state index contributed by atoms with van der Waals surface area (Å²) in [6.07, 6.45) is 0. The fourth-order valence-corrected chi connectivity index (χ4v) is 2.01. The molecule has 2 aromatic rings. The van der Waals surface area contributed by atoms with E-state index in [4.69, 9.17) is 20.3 Å². The van der Waals surface area contributed by atoms with Gasteiger partial charge in [0.15, 0.2) is 11.5 Å². The van der Waals surface area contributed by atoms with Gasteiger partial charge in [0.1, 0.15) is 6.61 Å². The molecule has 0 saturated carbocycles. The van der Waals surface area contributed by atoms with Crippen LogP contribution in [0, 0.1) is 10.1 Å². The van der Waals surface area contributed by atoms with Crippen molar-refractivity contribution < 1.29 is 19.5 Å². The van der Waals surface area contributed by atoms with E-state index in [0.717, 1.165) is 11.1 Å². The molecule has 0 aliphatic rings. The van der Waals surface area contributed by atoms with E-state index in [1.165, 1.54) is 19.2 Å². The van der Waals surface area contributed by atoms with Crippen LogP contribution in [0.3, 0.4) is 0 Å². The van der Waals surface area contributed by atoms with Crippen molar-refractivity contribution in [1.29, 1.82) is 0 Å². The maximum Gasteiger partial charge on any atom is 0.269 e. The Kier molecular flexibility index (Phi) is 5.51. The van der Waals surface area contributed by atoms with Crippen LogP contribution in [0.2, 0.25) is 0 Å². The van der Waals surface area contributed by atoms with Crippen molar-refractivity contribution in [3.63, 3.8) is 0 Å². The summed E-state index contributed by atoms with van der Waals surface area (Å²) in [5.41, 5.74) is 7.35. The summed E-state index contributed by atoms with van der Waals surface area (Å²) in [5.74, 6) is 1.04. The molecule has 7 heteroatoms. The van der Waals surface area contributed by atoms with E-state index in [-0.39, 0.29) is 18.9 Å². The van der Waals surface area contributed by atoms with Crippen molar-refractivity contribution in [2.45, 2.75) is 12.6 Å². The summed E-state index contributed by atoms with van der Waals surface area (Å²) in [6, 6.07) is 10.8. The number of aliphatic hydroxyl groups is 1. The van der Waals surface area contributed by atoms with Crippen molar-refractivity contribution in [2.75, 3.05) is 13.7 Å². The number of benzene rings is 2. The van der Waals surface area contributed by atoms with Gasteiger partial charge in [-0.1, -0.05) is 6.07 Å². The van der Waals surface area contributed by atoms with Crippen LogP contribution in [0.5, 0.6) is 11.5 Å². The molecular formula is C16H18N2O5. The number of rotatable bonds is 7. The minimum absolute atomic E-state index is 0.0358. The number of methoxy groups -OCH3 is 1. The molecule has 0 amide bonds. The van der Waals surface area contributed by atoms with Crippen molar-refractivity contribution in [3.05, 3.63) is 63.7 Å². The third kappa shape index (κ3) is 4.18. The predicted octanol–water partition coefficient (Wildman–Crippen LogP) is 2.17. The summed E-state index contributed by atoms with van der Waals surface area (Å²) in [7, 11) is 1.52. The van der Waals surface area contributed by atoms with Crippen LogP contribution in [0.15, 0.2) is 42.5 Å². The topological polar surface area (TPSA) is 108 Å². The van der Waals surface area contributed by atoms with E-state index >= 15 is 0 Å². The monoisotopic (exact) mass is 318 g/mol. The lowest BCUT2D eigenvalue weighted by molar-refractivity contribution is -0.384. The number of non-ortho nitro benzene ring substituents is 1. The molecule has 2 rings (SSSR count). The van der Waals surface area contributed by atoms with Crippen LogP contribution in [-0.4, -0.2) is 23.7 Å². The lowest BCUT2D eigenvalue weighted by atomic mass is 10.1. The highest BCUT2D eigenvalue weighted by Crippen LogP contribution is 2.30. The van der Waals surface area contributed by atoms with Gasteiger partial charge in [0.05, 0.1) is 24.7 Å². The number of nitrogens with two attached hydrogens (primary N) is 1. The zero-order valence-electron chi connectivity index (χ0n) is 12.6. The predicted molar refractivity (Wildman–Crippen MR) is 84.4 cm³/mol. The average molecular weight is 318 g/mol. The van der Waals surface area contributed by atoms with E-state index in [1.807, 2.05) is 0 Å². The second-order valence-corrected chi connectivity index (χ2v) is 4.91. The number of hydrogen-bond acceptors (Lipinski definition) is 6. The minimum Gasteiger partial charge on any atom is -0.493 e. The fraction of sp³-hybridized carbons (Fsp3) is 0.250. The first-order valence-corrected chi connectivity index (χ1v) is 6.95. The van der Waals surface area contributed by atoms with Crippen molar-refractivity contribution in [1.82, 2.24) is 0 Å². The summed E-state index contributed by atoms with van der Waals surface area (Å²) in [4.78, 5) is 10.2. The Balaban J connectivity index is 2.09. The highest BCUT2D eigenvalue weighted by atomic mass is 16.6. The van der Waals surface area contributed by atoms with Gasteiger partial charge < -0.3 is 20.3 Å². The van der Waals surface area contributed by atoms with Gasteiger partial charge >= 0.3 is 0 Å². The SMILES string of the molecule is COc1cc([C@@H](N)CO)ccc1OCc1ccc([N+](=O)[O-])cc1. The van der Waals surface area contributed by atoms with Gasteiger partial charge in [0.25, 0.3) is 5.69 Å². The van der Waals surface area contributed by atoms with Crippen molar-refractivity contribution >= 4 is 5.69 Å². The molecule has 0 aromatic heterocycles. The number of ether oxygens (including phenoxy) is 2. The first-order valence-electron chi connectivity index (χ1n) is 6.95. The number of nitrogens with zero attached hydrogens (tertiary/aromatic N) is 1. The second-order valence-electron chi connectivity index (χ2n) is 4.91. The van der Waals surface area contributed by atoms with E-state index < -0.39 is 11.0 Å². The van der Waals surface area contributed by atoms with E-state index in [9.17, 15) is 10.1 Å². The van der Waals surface area contributed by atoms with Crippen molar-refractivity contribution in [3.8, 4) is 11.5 Å². The molecule has 1 atom stereocenters. The molecule has 0 aliphatic heterocycles. The normalized spacial score (nSPS) is 11.8. The maximum absolute atomic E-state index is 10.6. The van der Waals surface area contributed by atoms with Crippen LogP contribution in [0.4, 0.5) is 5.69 Å². The van der Waals surface area contributed by atoms with E-state index in [0.29, 0.717) is 11.5 Å². The first-order chi connectivity index (χ1) is 11.0. The molecule has 0 bridgehead atoms. The molecule has 0 saturated heterocycles. The van der Waals surface area contributed by atoms with Gasteiger partial charge in [0, 0.05) is 12.1 Å². The molecule has 7 nitrogen and oxygen atoms in total. The number of nitro benzene ring substituents is 1. The van der Waals surface area contributed by atoms with Crippen LogP contribution in [-0.2, 0) is 6.61 Å². The van der Waals surface area contributed by atoms with Crippen LogP contribution in [0.1, 0.15) is 17.2 Å². The number of hydrogen-bond donors (Lipinski definition) is 2. The summed E-state index contributed by atoms with van der Waals surface area (Å²) in [6.45, 7) is 0.0892. The second kappa shape index (κ2) is 7.57. The zero-order valence-corrected chi connectivity index (χ0v) is 12.6. The van der Waals surface area contributed by atoms with Gasteiger partial charge in [-0.15, -0.1) is 0 Å². The first kappa shape index (κ1) is 16.7. The molecular weight excluding hydrogens is 300 g/mol. The lowest BCUT2D eigenvalue weighted by Crippen LogP contribution is -2.14. The lowest BCUT2D eigenvalue weighted by Gasteiger charge is -2.14. The third-order valence-corrected chi connectivity index (χ3v) is 3.35. The maximum atomic E-state index is 10.6. The summed E-state index contributed by atoms with van der Waals surface area (Å²) >= 11 is 0.